The van der Waals surface area contributed by atoms with Crippen LogP contribution >= 0.6 is 0 Å². The first kappa shape index (κ1) is 29.7. The fourth-order valence-electron chi connectivity index (χ4n) is 7.43. The van der Waals surface area contributed by atoms with Gasteiger partial charge in [0.1, 0.15) is 0 Å². The Bertz CT molecular complexity index is 1590. The number of rotatable bonds is 4. The molecule has 4 aliphatic heterocycles. The second-order valence-corrected chi connectivity index (χ2v) is 12.6. The fourth-order valence-corrected chi connectivity index (χ4v) is 7.43. The number of hydrogen-bond donors (Lipinski definition) is 1. The van der Waals surface area contributed by atoms with E-state index in [1.165, 1.54) is 0 Å². The van der Waals surface area contributed by atoms with Crippen molar-refractivity contribution in [1.29, 1.82) is 0 Å². The van der Waals surface area contributed by atoms with E-state index in [0.29, 0.717) is 50.3 Å². The topological polar surface area (TPSA) is 94.8 Å². The molecule has 4 aliphatic rings. The third-order valence-corrected chi connectivity index (χ3v) is 9.85. The van der Waals surface area contributed by atoms with Crippen molar-refractivity contribution in [3.63, 3.8) is 0 Å². The van der Waals surface area contributed by atoms with Gasteiger partial charge in [0.2, 0.25) is 5.91 Å². The first-order chi connectivity index (χ1) is 21.8. The average Bonchev–Trinajstić information content (AvgIpc) is 3.67. The van der Waals surface area contributed by atoms with E-state index in [0.717, 1.165) is 80.2 Å². The van der Waals surface area contributed by atoms with E-state index in [4.69, 9.17) is 5.10 Å². The monoisotopic (exact) mass is 621 g/mol. The summed E-state index contributed by atoms with van der Waals surface area (Å²) < 4.78 is 32.9. The normalized spacial score (nSPS) is 19.2. The van der Waals surface area contributed by atoms with E-state index in [-0.39, 0.29) is 23.5 Å². The summed E-state index contributed by atoms with van der Waals surface area (Å²) in [5.74, 6) is 0.768. The van der Waals surface area contributed by atoms with Crippen LogP contribution in [0.25, 0.3) is 11.1 Å². The van der Waals surface area contributed by atoms with Crippen molar-refractivity contribution in [2.75, 3.05) is 57.3 Å². The lowest BCUT2D eigenvalue weighted by Crippen LogP contribution is -2.53. The number of halogens is 2. The number of piperidine rings is 1. The van der Waals surface area contributed by atoms with Crippen LogP contribution in [0, 0.1) is 0 Å². The van der Waals surface area contributed by atoms with Gasteiger partial charge in [0.05, 0.1) is 18.8 Å². The van der Waals surface area contributed by atoms with E-state index in [1.54, 1.807) is 37.1 Å². The number of aryl methyl sites for hydroxylation is 2. The highest BCUT2D eigenvalue weighted by molar-refractivity contribution is 5.78. The molecule has 2 saturated heterocycles. The molecule has 0 unspecified atom stereocenters. The average molecular weight is 622 g/mol. The van der Waals surface area contributed by atoms with Gasteiger partial charge in [-0.3, -0.25) is 14.2 Å². The Balaban J connectivity index is 1.22. The molecule has 0 saturated carbocycles. The van der Waals surface area contributed by atoms with Crippen LogP contribution in [0.4, 0.5) is 25.1 Å². The minimum atomic E-state index is -2.65. The lowest BCUT2D eigenvalue weighted by Gasteiger charge is -2.38. The number of amides is 3. The van der Waals surface area contributed by atoms with Crippen LogP contribution in [0.1, 0.15) is 61.0 Å². The quantitative estimate of drug-likeness (QED) is 0.476. The summed E-state index contributed by atoms with van der Waals surface area (Å²) in [5, 5.41) is 12.7. The summed E-state index contributed by atoms with van der Waals surface area (Å²) in [4.78, 5) is 33.5. The molecule has 0 atom stereocenters. The van der Waals surface area contributed by atoms with Crippen molar-refractivity contribution in [3.8, 4) is 11.1 Å². The van der Waals surface area contributed by atoms with E-state index in [2.05, 4.69) is 20.0 Å². The van der Waals surface area contributed by atoms with E-state index < -0.39 is 6.43 Å². The molecule has 1 N–H and O–H groups in total. The molecule has 0 bridgehead atoms. The van der Waals surface area contributed by atoms with Gasteiger partial charge >= 0.3 is 6.03 Å². The SMILES string of the molecule is CC(=O)N1CCc2c(c(N3CCCc4cc(-c5cnn(C)c5)c(C(F)F)cc43)nn2C2CCN(C(=O)N3CCNCC3)CC2)C1. The summed E-state index contributed by atoms with van der Waals surface area (Å²) in [5.41, 5.74) is 5.04. The van der Waals surface area contributed by atoms with Crippen molar-refractivity contribution in [3.05, 3.63) is 46.9 Å². The highest BCUT2D eigenvalue weighted by Crippen LogP contribution is 2.43. The number of fused-ring (bicyclic) bond motifs is 2. The number of anilines is 2. The molecule has 0 radical (unpaired) electrons. The smallest absolute Gasteiger partial charge is 0.320 e. The molecule has 0 spiro atoms. The molecule has 11 nitrogen and oxygen atoms in total. The maximum atomic E-state index is 14.5. The molecule has 13 heteroatoms. The molecule has 240 valence electrons. The highest BCUT2D eigenvalue weighted by atomic mass is 19.3. The zero-order valence-electron chi connectivity index (χ0n) is 26.0. The number of hydrogen-bond acceptors (Lipinski definition) is 6. The standard InChI is InChI=1S/C32H41F2N9O2/c1-21(44)41-13-7-28-27(20-41)31(37-43(28)24-5-11-39(12-6-24)32(45)40-14-8-35-9-15-40)42-10-3-4-22-16-25(23-18-36-38(2)19-23)26(30(33)34)17-29(22)42/h16-19,24,30,35H,3-15,20H2,1-2H3. The van der Waals surface area contributed by atoms with Gasteiger partial charge in [-0.15, -0.1) is 0 Å². The third kappa shape index (κ3) is 5.55. The second-order valence-electron chi connectivity index (χ2n) is 12.6. The fraction of sp³-hybridized carbons (Fsp3) is 0.562. The van der Waals surface area contributed by atoms with Gasteiger partial charge in [0.25, 0.3) is 6.43 Å². The minimum absolute atomic E-state index is 0.0132. The molecule has 6 heterocycles. The molecule has 3 aromatic rings. The van der Waals surface area contributed by atoms with Crippen LogP contribution in [0.2, 0.25) is 0 Å². The van der Waals surface area contributed by atoms with Crippen molar-refractivity contribution in [1.82, 2.24) is 39.6 Å². The van der Waals surface area contributed by atoms with Crippen molar-refractivity contribution < 1.29 is 18.4 Å². The number of carbonyl (C=O) groups is 2. The van der Waals surface area contributed by atoms with E-state index in [1.807, 2.05) is 20.8 Å². The first-order valence-electron chi connectivity index (χ1n) is 16.1. The Morgan fingerprint density at radius 2 is 1.73 bits per heavy atom. The number of carbonyl (C=O) groups excluding carboxylic acids is 2. The third-order valence-electron chi connectivity index (χ3n) is 9.85. The lowest BCUT2D eigenvalue weighted by molar-refractivity contribution is -0.129. The van der Waals surface area contributed by atoms with Crippen LogP contribution in [0.5, 0.6) is 0 Å². The largest absolute Gasteiger partial charge is 0.338 e. The first-order valence-corrected chi connectivity index (χ1v) is 16.1. The highest BCUT2D eigenvalue weighted by Gasteiger charge is 2.35. The van der Waals surface area contributed by atoms with Gasteiger partial charge in [-0.2, -0.15) is 10.2 Å². The lowest BCUT2D eigenvalue weighted by atomic mass is 9.92. The predicted octanol–water partition coefficient (Wildman–Crippen LogP) is 3.87. The number of likely N-dealkylation sites (tertiary alicyclic amines) is 1. The van der Waals surface area contributed by atoms with Gasteiger partial charge in [0, 0.05) is 107 Å². The number of aromatic nitrogens is 4. The Kier molecular flexibility index (Phi) is 7.96. The molecule has 45 heavy (non-hydrogen) atoms. The number of alkyl halides is 2. The number of urea groups is 1. The van der Waals surface area contributed by atoms with Crippen LogP contribution in [0.3, 0.4) is 0 Å². The Labute approximate surface area is 261 Å². The Morgan fingerprint density at radius 1 is 0.978 bits per heavy atom. The van der Waals surface area contributed by atoms with E-state index >= 15 is 0 Å². The number of nitrogens with zero attached hydrogens (tertiary/aromatic N) is 8. The summed E-state index contributed by atoms with van der Waals surface area (Å²) in [6.07, 6.45) is 4.66. The second kappa shape index (κ2) is 12.1. The molecule has 2 fully saturated rings. The Morgan fingerprint density at radius 3 is 2.42 bits per heavy atom. The molecule has 2 aromatic heterocycles. The molecule has 7 rings (SSSR count). The Hall–Kier alpha value is -4.00. The number of nitrogens with one attached hydrogen (secondary N) is 1. The van der Waals surface area contributed by atoms with Crippen molar-refractivity contribution >= 4 is 23.4 Å². The zero-order chi connectivity index (χ0) is 31.2. The number of piperazine rings is 1. The van der Waals surface area contributed by atoms with Crippen molar-refractivity contribution in [2.45, 2.75) is 58.0 Å². The van der Waals surface area contributed by atoms with Gasteiger partial charge in [0.15, 0.2) is 5.82 Å². The van der Waals surface area contributed by atoms with Gasteiger partial charge in [-0.05, 0) is 48.9 Å². The number of benzene rings is 1. The van der Waals surface area contributed by atoms with Gasteiger partial charge in [-0.25, -0.2) is 13.6 Å². The van der Waals surface area contributed by atoms with Crippen LogP contribution in [0.15, 0.2) is 24.5 Å². The molecule has 1 aromatic carbocycles. The maximum Gasteiger partial charge on any atom is 0.320 e. The minimum Gasteiger partial charge on any atom is -0.338 e. The summed E-state index contributed by atoms with van der Waals surface area (Å²) in [7, 11) is 1.78. The van der Waals surface area contributed by atoms with Gasteiger partial charge in [-0.1, -0.05) is 0 Å². The maximum absolute atomic E-state index is 14.5. The summed E-state index contributed by atoms with van der Waals surface area (Å²) >= 11 is 0. The molecular weight excluding hydrogens is 580 g/mol. The molecule has 0 aliphatic carbocycles. The molecular formula is C32H41F2N9O2. The van der Waals surface area contributed by atoms with Crippen molar-refractivity contribution in [2.24, 2.45) is 7.05 Å². The van der Waals surface area contributed by atoms with Crippen LogP contribution in [-0.4, -0.2) is 98.6 Å². The molecule has 3 amide bonds. The predicted molar refractivity (Wildman–Crippen MR) is 166 cm³/mol. The van der Waals surface area contributed by atoms with E-state index in [9.17, 15) is 18.4 Å². The zero-order valence-corrected chi connectivity index (χ0v) is 26.0. The summed E-state index contributed by atoms with van der Waals surface area (Å²) in [6.45, 7) is 7.75. The van der Waals surface area contributed by atoms with Gasteiger partial charge < -0.3 is 24.9 Å². The van der Waals surface area contributed by atoms with Crippen LogP contribution < -0.4 is 10.2 Å². The van der Waals surface area contributed by atoms with Crippen LogP contribution in [-0.2, 0) is 31.2 Å². The summed E-state index contributed by atoms with van der Waals surface area (Å²) in [6, 6.07) is 3.77.